The van der Waals surface area contributed by atoms with Crippen LogP contribution in [0.5, 0.6) is 0 Å². The van der Waals surface area contributed by atoms with E-state index in [-0.39, 0.29) is 23.3 Å². The molecule has 0 saturated heterocycles. The maximum Gasteiger partial charge on any atom is 0.260 e. The van der Waals surface area contributed by atoms with Crippen molar-refractivity contribution in [2.75, 3.05) is 24.3 Å². The van der Waals surface area contributed by atoms with Crippen LogP contribution in [0.2, 0.25) is 5.02 Å². The summed E-state index contributed by atoms with van der Waals surface area (Å²) in [6.07, 6.45) is -0.0265. The number of carbonyl (C=O) groups is 2. The highest BCUT2D eigenvalue weighted by atomic mass is 35.5. The number of thioether (sulfide) groups is 1. The predicted octanol–water partition coefficient (Wildman–Crippen LogP) is 3.96. The van der Waals surface area contributed by atoms with Gasteiger partial charge in [-0.2, -0.15) is 0 Å². The second-order valence-electron chi connectivity index (χ2n) is 6.18. The maximum atomic E-state index is 13.2. The van der Waals surface area contributed by atoms with Crippen molar-refractivity contribution in [2.45, 2.75) is 11.7 Å². The van der Waals surface area contributed by atoms with Crippen molar-refractivity contribution in [1.82, 2.24) is 0 Å². The minimum Gasteiger partial charge on any atom is -0.378 e. The molecule has 0 aromatic heterocycles. The molecule has 3 rings (SSSR count). The third-order valence-corrected chi connectivity index (χ3v) is 5.44. The molecule has 0 bridgehead atoms. The number of nitrogens with one attached hydrogen (secondary N) is 1. The molecule has 0 fully saturated rings. The lowest BCUT2D eigenvalue weighted by Crippen LogP contribution is -2.21. The van der Waals surface area contributed by atoms with Gasteiger partial charge in [0.25, 0.3) is 5.91 Å². The molecular formula is C19H17ClFN3O2S. The minimum atomic E-state index is -0.579. The van der Waals surface area contributed by atoms with Crippen LogP contribution in [0.1, 0.15) is 12.0 Å². The molecule has 27 heavy (non-hydrogen) atoms. The van der Waals surface area contributed by atoms with Crippen LogP contribution in [-0.2, 0) is 9.59 Å². The average Bonchev–Trinajstić information content (AvgIpc) is 2.99. The highest BCUT2D eigenvalue weighted by Gasteiger charge is 2.31. The average molecular weight is 406 g/mol. The van der Waals surface area contributed by atoms with E-state index in [0.717, 1.165) is 11.3 Å². The van der Waals surface area contributed by atoms with E-state index in [0.29, 0.717) is 10.7 Å². The second-order valence-corrected chi connectivity index (χ2v) is 7.78. The summed E-state index contributed by atoms with van der Waals surface area (Å²) < 4.78 is 13.2. The number of rotatable bonds is 5. The fraction of sp³-hybridized carbons (Fsp3) is 0.211. The zero-order valence-electron chi connectivity index (χ0n) is 14.7. The monoisotopic (exact) mass is 405 g/mol. The van der Waals surface area contributed by atoms with Crippen molar-refractivity contribution in [3.8, 4) is 0 Å². The van der Waals surface area contributed by atoms with E-state index in [9.17, 15) is 14.0 Å². The molecule has 2 aromatic rings. The molecule has 0 saturated carbocycles. The Balaban J connectivity index is 1.61. The molecule has 1 aliphatic heterocycles. The number of hydrogen-bond donors (Lipinski definition) is 1. The van der Waals surface area contributed by atoms with Crippen molar-refractivity contribution in [2.24, 2.45) is 4.99 Å². The third-order valence-electron chi connectivity index (χ3n) is 3.95. The topological polar surface area (TPSA) is 61.8 Å². The highest BCUT2D eigenvalue weighted by Crippen LogP contribution is 2.30. The summed E-state index contributed by atoms with van der Waals surface area (Å²) in [6, 6.07) is 11.6. The van der Waals surface area contributed by atoms with Crippen LogP contribution >= 0.6 is 23.4 Å². The van der Waals surface area contributed by atoms with Crippen molar-refractivity contribution < 1.29 is 14.0 Å². The predicted molar refractivity (Wildman–Crippen MR) is 108 cm³/mol. The van der Waals surface area contributed by atoms with Crippen LogP contribution < -0.4 is 10.2 Å². The lowest BCUT2D eigenvalue weighted by atomic mass is 10.2. The summed E-state index contributed by atoms with van der Waals surface area (Å²) in [5.41, 5.74) is 2.26. The Morgan fingerprint density at radius 3 is 2.59 bits per heavy atom. The first-order valence-electron chi connectivity index (χ1n) is 8.15. The van der Waals surface area contributed by atoms with Crippen molar-refractivity contribution in [3.63, 3.8) is 0 Å². The van der Waals surface area contributed by atoms with Gasteiger partial charge in [0, 0.05) is 37.5 Å². The van der Waals surface area contributed by atoms with Gasteiger partial charge in [-0.1, -0.05) is 35.5 Å². The lowest BCUT2D eigenvalue weighted by Gasteiger charge is -2.12. The van der Waals surface area contributed by atoms with E-state index in [1.165, 1.54) is 30.0 Å². The molecule has 2 aromatic carbocycles. The van der Waals surface area contributed by atoms with Gasteiger partial charge in [0.05, 0.1) is 5.02 Å². The molecule has 1 N–H and O–H groups in total. The van der Waals surface area contributed by atoms with Crippen LogP contribution in [0.25, 0.3) is 0 Å². The first kappa shape index (κ1) is 19.4. The Morgan fingerprint density at radius 1 is 1.26 bits per heavy atom. The number of hydrogen-bond acceptors (Lipinski definition) is 4. The molecule has 0 aliphatic carbocycles. The molecule has 2 amide bonds. The molecule has 0 unspecified atom stereocenters. The van der Waals surface area contributed by atoms with Crippen molar-refractivity contribution in [1.29, 1.82) is 0 Å². The number of aliphatic imine (C=N–C) groups is 1. The first-order valence-corrected chi connectivity index (χ1v) is 9.41. The van der Waals surface area contributed by atoms with Crippen molar-refractivity contribution >= 4 is 51.6 Å². The third kappa shape index (κ3) is 4.67. The molecule has 0 spiro atoms. The highest BCUT2D eigenvalue weighted by molar-refractivity contribution is 8.16. The van der Waals surface area contributed by atoms with Crippen LogP contribution in [0.15, 0.2) is 47.5 Å². The van der Waals surface area contributed by atoms with Gasteiger partial charge in [0.2, 0.25) is 5.91 Å². The largest absolute Gasteiger partial charge is 0.378 e. The zero-order chi connectivity index (χ0) is 19.6. The molecule has 1 aliphatic rings. The number of nitrogens with zero attached hydrogens (tertiary/aromatic N) is 2. The number of amides is 2. The number of carbonyl (C=O) groups excluding carboxylic acids is 2. The molecule has 8 heteroatoms. The van der Waals surface area contributed by atoms with E-state index in [1.54, 1.807) is 0 Å². The zero-order valence-corrected chi connectivity index (χ0v) is 16.3. The molecular weight excluding hydrogens is 389 g/mol. The van der Waals surface area contributed by atoms with Crippen LogP contribution in [-0.4, -0.2) is 36.2 Å². The number of halogens is 2. The van der Waals surface area contributed by atoms with E-state index in [4.69, 9.17) is 11.6 Å². The summed E-state index contributed by atoms with van der Waals surface area (Å²) in [4.78, 5) is 30.4. The molecule has 1 heterocycles. The van der Waals surface area contributed by atoms with Crippen LogP contribution in [0.3, 0.4) is 0 Å². The molecule has 140 valence electrons. The fourth-order valence-corrected chi connectivity index (χ4v) is 3.75. The summed E-state index contributed by atoms with van der Waals surface area (Å²) in [7, 11) is 3.90. The number of anilines is 2. The normalized spacial score (nSPS) is 16.2. The Kier molecular flexibility index (Phi) is 5.82. The summed E-state index contributed by atoms with van der Waals surface area (Å²) in [6.45, 7) is 0. The van der Waals surface area contributed by atoms with Gasteiger partial charge in [-0.15, -0.1) is 0 Å². The second kappa shape index (κ2) is 8.10. The molecule has 1 atom stereocenters. The van der Waals surface area contributed by atoms with Gasteiger partial charge < -0.3 is 10.2 Å². The van der Waals surface area contributed by atoms with Gasteiger partial charge in [0.15, 0.2) is 0 Å². The van der Waals surface area contributed by atoms with Gasteiger partial charge in [-0.25, -0.2) is 9.38 Å². The van der Waals surface area contributed by atoms with E-state index >= 15 is 0 Å². The molecule has 0 radical (unpaired) electrons. The maximum absolute atomic E-state index is 13.2. The van der Waals surface area contributed by atoms with Crippen molar-refractivity contribution in [3.05, 3.63) is 58.9 Å². The smallest absolute Gasteiger partial charge is 0.260 e. The Bertz CT molecular complexity index is 916. The van der Waals surface area contributed by atoms with E-state index in [2.05, 4.69) is 10.3 Å². The standard InChI is InChI=1S/C19H17ClFN3O2S/c1-24(2)13-6-3-11(4-7-13)19-23-18(26)16(27-19)10-17(25)22-12-5-8-15(21)14(20)9-12/h3-9,16H,10H2,1-2H3,(H,22,25)/t16-/m1/s1. The summed E-state index contributed by atoms with van der Waals surface area (Å²) in [5, 5.41) is 2.57. The Morgan fingerprint density at radius 2 is 1.96 bits per heavy atom. The van der Waals surface area contributed by atoms with Gasteiger partial charge >= 0.3 is 0 Å². The van der Waals surface area contributed by atoms with E-state index < -0.39 is 11.1 Å². The number of benzene rings is 2. The minimum absolute atomic E-state index is 0.0265. The lowest BCUT2D eigenvalue weighted by molar-refractivity contribution is -0.121. The fourth-order valence-electron chi connectivity index (χ4n) is 2.50. The van der Waals surface area contributed by atoms with Gasteiger partial charge in [-0.05, 0) is 30.3 Å². The Labute approximate surface area is 165 Å². The van der Waals surface area contributed by atoms with Gasteiger partial charge in [0.1, 0.15) is 16.1 Å². The van der Waals surface area contributed by atoms with E-state index in [1.807, 2.05) is 43.3 Å². The quantitative estimate of drug-likeness (QED) is 0.817. The Hall–Kier alpha value is -2.38. The summed E-state index contributed by atoms with van der Waals surface area (Å²) in [5.74, 6) is -1.25. The SMILES string of the molecule is CN(C)c1ccc(C2=NC(=O)[C@@H](CC(=O)Nc3ccc(F)c(Cl)c3)S2)cc1. The van der Waals surface area contributed by atoms with Crippen LogP contribution in [0.4, 0.5) is 15.8 Å². The first-order chi connectivity index (χ1) is 12.8. The van der Waals surface area contributed by atoms with Gasteiger partial charge in [-0.3, -0.25) is 9.59 Å². The summed E-state index contributed by atoms with van der Waals surface area (Å²) >= 11 is 6.97. The molecule has 5 nitrogen and oxygen atoms in total. The van der Waals surface area contributed by atoms with Crippen LogP contribution in [0, 0.1) is 5.82 Å².